The van der Waals surface area contributed by atoms with E-state index >= 15 is 0 Å². The highest BCUT2D eigenvalue weighted by molar-refractivity contribution is 9.10. The number of β-lactam (4-membered cyclic amide) rings is 1. The quantitative estimate of drug-likeness (QED) is 0.350. The molecule has 5 nitrogen and oxygen atoms in total. The molecule has 78 valence electrons. The van der Waals surface area contributed by atoms with Gasteiger partial charge in [0, 0.05) is 5.41 Å². The topological polar surface area (TPSA) is 58.6 Å². The molecule has 1 N–H and O–H groups in total. The van der Waals surface area contributed by atoms with Gasteiger partial charge in [-0.15, -0.1) is 11.8 Å². The van der Waals surface area contributed by atoms with Gasteiger partial charge in [0.25, 0.3) is 0 Å². The molecule has 0 spiro atoms. The summed E-state index contributed by atoms with van der Waals surface area (Å²) in [4.78, 5) is 26.3. The van der Waals surface area contributed by atoms with E-state index in [4.69, 9.17) is 12.5 Å². The highest BCUT2D eigenvalue weighted by atomic mass is 79.9. The van der Waals surface area contributed by atoms with Crippen molar-refractivity contribution in [1.29, 1.82) is 0 Å². The molecule has 2 aliphatic heterocycles. The van der Waals surface area contributed by atoms with Crippen LogP contribution in [0.1, 0.15) is 0 Å². The lowest BCUT2D eigenvalue weighted by Crippen LogP contribution is -2.58. The zero-order valence-corrected chi connectivity index (χ0v) is 10.7. The first-order valence-electron chi connectivity index (χ1n) is 3.91. The van der Waals surface area contributed by atoms with E-state index in [2.05, 4.69) is 20.9 Å². The van der Waals surface area contributed by atoms with Gasteiger partial charge in [0.05, 0.1) is 0 Å². The van der Waals surface area contributed by atoms with Gasteiger partial charge in [-0.2, -0.15) is 0 Å². The molecular weight excluding hydrogens is 302 g/mol. The summed E-state index contributed by atoms with van der Waals surface area (Å²) < 4.78 is 4.77. The number of nitrogens with one attached hydrogen (secondary N) is 1. The maximum absolute atomic E-state index is 11.4. The number of hydrogen-bond acceptors (Lipinski definition) is 5. The molecule has 9 heteroatoms. The molecule has 1 amide bonds. The first-order chi connectivity index (χ1) is 7.16. The van der Waals surface area contributed by atoms with Crippen LogP contribution in [0.2, 0.25) is 0 Å². The van der Waals surface area contributed by atoms with Crippen LogP contribution in [0.15, 0.2) is 11.1 Å². The van der Waals surface area contributed by atoms with Crippen molar-refractivity contribution in [2.24, 2.45) is 0 Å². The van der Waals surface area contributed by atoms with Crippen LogP contribution in [-0.2, 0) is 14.1 Å². The van der Waals surface area contributed by atoms with Gasteiger partial charge in [0.2, 0.25) is 5.91 Å². The van der Waals surface area contributed by atoms with Gasteiger partial charge in [0.15, 0.2) is 7.98 Å². The van der Waals surface area contributed by atoms with E-state index in [1.54, 1.807) is 5.41 Å². The fraction of sp³-hybridized carbons (Fsp3) is 0.333. The number of carbonyl (C=O) groups is 2. The smallest absolute Gasteiger partial charge is 0.359 e. The molecule has 3 atom stereocenters. The Kier molecular flexibility index (Phi) is 3.40. The van der Waals surface area contributed by atoms with E-state index in [9.17, 15) is 9.59 Å². The summed E-state index contributed by atoms with van der Waals surface area (Å²) in [6.07, 6.45) is 0. The van der Waals surface area contributed by atoms with Crippen LogP contribution >= 0.6 is 36.7 Å². The molecule has 0 aromatic carbocycles. The summed E-state index contributed by atoms with van der Waals surface area (Å²) >= 11 is 4.65. The number of fused-ring (bicyclic) bond motifs is 1. The average molecular weight is 307 g/mol. The number of hydrogen-bond donors (Lipinski definition) is 1. The maximum Gasteiger partial charge on any atom is 0.359 e. The highest BCUT2D eigenvalue weighted by Gasteiger charge is 2.52. The van der Waals surface area contributed by atoms with E-state index in [-0.39, 0.29) is 30.8 Å². The van der Waals surface area contributed by atoms with Gasteiger partial charge >= 0.3 is 5.97 Å². The van der Waals surface area contributed by atoms with E-state index in [1.807, 2.05) is 0 Å². The minimum absolute atomic E-state index is 0.0192. The molecule has 2 rings (SSSR count). The van der Waals surface area contributed by atoms with Crippen molar-refractivity contribution < 1.29 is 14.1 Å². The van der Waals surface area contributed by atoms with Gasteiger partial charge in [-0.3, -0.25) is 9.69 Å². The molecule has 2 aliphatic rings. The Morgan fingerprint density at radius 2 is 2.53 bits per heavy atom. The summed E-state index contributed by atoms with van der Waals surface area (Å²) in [6.45, 7) is 0. The molecule has 0 aliphatic carbocycles. The Balaban J connectivity index is 2.00. The second-order valence-corrected chi connectivity index (χ2v) is 5.45. The second-order valence-electron chi connectivity index (χ2n) is 2.78. The van der Waals surface area contributed by atoms with Crippen molar-refractivity contribution in [3.05, 3.63) is 11.1 Å². The third-order valence-electron chi connectivity index (χ3n) is 1.97. The fourth-order valence-corrected chi connectivity index (χ4v) is 3.44. The maximum atomic E-state index is 11.4. The van der Waals surface area contributed by atoms with Gasteiger partial charge in [-0.1, -0.05) is 15.9 Å². The van der Waals surface area contributed by atoms with Crippen molar-refractivity contribution in [1.82, 2.24) is 9.90 Å². The molecule has 2 radical (unpaired) electrons. The van der Waals surface area contributed by atoms with E-state index in [1.165, 1.54) is 16.7 Å². The minimum Gasteiger partial charge on any atom is -0.428 e. The first-order valence-corrected chi connectivity index (χ1v) is 6.68. The molecule has 15 heavy (non-hydrogen) atoms. The number of alkyl halides is 1. The van der Waals surface area contributed by atoms with Crippen LogP contribution in [0.5, 0.6) is 0 Å². The SMILES string of the molecule is [B]NPOC(=O)C1=CS[C@@H]2[C@@H](Br)C(=O)N12. The number of halogens is 1. The fourth-order valence-electron chi connectivity index (χ4n) is 1.28. The zero-order valence-electron chi connectivity index (χ0n) is 7.27. The standard InChI is InChI=1S/C6H5BBrN2O3PS/c7-9-14-13-6(12)2-1-15-5-3(8)4(11)10(2)5/h1,3,5,9,14H/t3-,5+/m0/s1. The molecule has 0 bridgehead atoms. The van der Waals surface area contributed by atoms with Crippen molar-refractivity contribution in [2.45, 2.75) is 10.2 Å². The molecule has 0 aromatic heterocycles. The van der Waals surface area contributed by atoms with Gasteiger partial charge in [-0.05, 0) is 0 Å². The monoisotopic (exact) mass is 306 g/mol. The van der Waals surface area contributed by atoms with E-state index in [0.717, 1.165) is 0 Å². The van der Waals surface area contributed by atoms with Crippen LogP contribution in [0.4, 0.5) is 0 Å². The summed E-state index contributed by atoms with van der Waals surface area (Å²) in [5.41, 5.74) is 0.286. The van der Waals surface area contributed by atoms with Crippen LogP contribution < -0.4 is 5.00 Å². The molecule has 1 unspecified atom stereocenters. The molecule has 1 saturated heterocycles. The predicted octanol–water partition coefficient (Wildman–Crippen LogP) is 0.231. The van der Waals surface area contributed by atoms with Gasteiger partial charge < -0.3 is 9.52 Å². The number of amides is 1. The van der Waals surface area contributed by atoms with Gasteiger partial charge in [0.1, 0.15) is 24.9 Å². The van der Waals surface area contributed by atoms with Crippen LogP contribution in [0.3, 0.4) is 0 Å². The van der Waals surface area contributed by atoms with Crippen molar-refractivity contribution in [3.63, 3.8) is 0 Å². The Morgan fingerprint density at radius 3 is 3.20 bits per heavy atom. The second kappa shape index (κ2) is 4.45. The number of nitrogens with zero attached hydrogens (tertiary/aromatic N) is 1. The Bertz CT molecular complexity index is 355. The van der Waals surface area contributed by atoms with Crippen molar-refractivity contribution in [2.75, 3.05) is 0 Å². The molecule has 1 fully saturated rings. The van der Waals surface area contributed by atoms with Crippen LogP contribution in [0, 0.1) is 0 Å². The normalized spacial score (nSPS) is 29.0. The van der Waals surface area contributed by atoms with Crippen molar-refractivity contribution in [3.8, 4) is 0 Å². The lowest BCUT2D eigenvalue weighted by Gasteiger charge is -2.39. The summed E-state index contributed by atoms with van der Waals surface area (Å²) in [5, 5.41) is 1.61. The highest BCUT2D eigenvalue weighted by Crippen LogP contribution is 2.44. The Morgan fingerprint density at radius 1 is 1.80 bits per heavy atom. The Hall–Kier alpha value is -0.0351. The third-order valence-corrected chi connectivity index (χ3v) is 4.74. The number of carbonyl (C=O) groups excluding carboxylic acids is 2. The number of thioether (sulfide) groups is 1. The molecule has 0 saturated carbocycles. The molecule has 2 heterocycles. The first kappa shape index (κ1) is 11.5. The average Bonchev–Trinajstić information content (AvgIpc) is 2.65. The number of rotatable bonds is 3. The van der Waals surface area contributed by atoms with Gasteiger partial charge in [-0.25, -0.2) is 4.79 Å². The third kappa shape index (κ3) is 1.84. The summed E-state index contributed by atoms with van der Waals surface area (Å²) in [7, 11) is 4.67. The predicted molar refractivity (Wildman–Crippen MR) is 62.3 cm³/mol. The van der Waals surface area contributed by atoms with E-state index < -0.39 is 5.97 Å². The van der Waals surface area contributed by atoms with E-state index in [0.29, 0.717) is 0 Å². The summed E-state index contributed by atoms with van der Waals surface area (Å²) in [6, 6.07) is 0. The Labute approximate surface area is 102 Å². The lowest BCUT2D eigenvalue weighted by molar-refractivity contribution is -0.142. The lowest BCUT2D eigenvalue weighted by atomic mass is 10.2. The minimum atomic E-state index is -0.533. The van der Waals surface area contributed by atoms with Crippen LogP contribution in [0.25, 0.3) is 0 Å². The zero-order chi connectivity index (χ0) is 11.0. The largest absolute Gasteiger partial charge is 0.428 e. The van der Waals surface area contributed by atoms with Crippen molar-refractivity contribution >= 4 is 56.5 Å². The summed E-state index contributed by atoms with van der Waals surface area (Å²) in [5.74, 6) is -0.647. The molecular formula is C6H5BBrN2O3PS. The molecule has 0 aromatic rings. The van der Waals surface area contributed by atoms with Crippen LogP contribution in [-0.4, -0.2) is 35.0 Å².